The molecule has 0 saturated carbocycles. The molecule has 3 aromatic carbocycles. The van der Waals surface area contributed by atoms with E-state index in [0.29, 0.717) is 17.6 Å². The summed E-state index contributed by atoms with van der Waals surface area (Å²) in [6, 6.07) is 20.4. The van der Waals surface area contributed by atoms with Crippen molar-refractivity contribution in [1.29, 1.82) is 0 Å². The summed E-state index contributed by atoms with van der Waals surface area (Å²) in [7, 11) is 0. The topological polar surface area (TPSA) is 81.8 Å². The number of imidazole rings is 1. The van der Waals surface area contributed by atoms with Crippen LogP contribution in [0, 0.1) is 5.82 Å². The standard InChI is InChI=1S/C25H20FN5O2/c26-18-11-9-17(10-12-18)21(14-30-16-28-19-5-1-3-7-22(19)30)29-24(32)15-31-23-8-4-2-6-20(23)27-13-25(31)33/h1-13,16,21H,14-15H2,(H,29,32). The summed E-state index contributed by atoms with van der Waals surface area (Å²) < 4.78 is 16.9. The Morgan fingerprint density at radius 3 is 2.33 bits per heavy atom. The molecule has 0 spiro atoms. The predicted octanol–water partition coefficient (Wildman–Crippen LogP) is 3.44. The minimum Gasteiger partial charge on any atom is -0.346 e. The van der Waals surface area contributed by atoms with Gasteiger partial charge in [0.15, 0.2) is 0 Å². The highest BCUT2D eigenvalue weighted by Gasteiger charge is 2.18. The lowest BCUT2D eigenvalue weighted by Crippen LogP contribution is -2.36. The monoisotopic (exact) mass is 441 g/mol. The number of carbonyl (C=O) groups excluding carboxylic acids is 1. The van der Waals surface area contributed by atoms with Crippen LogP contribution in [0.5, 0.6) is 0 Å². The van der Waals surface area contributed by atoms with Crippen LogP contribution < -0.4 is 10.9 Å². The molecule has 0 aliphatic rings. The molecule has 2 aromatic heterocycles. The van der Waals surface area contributed by atoms with Gasteiger partial charge in [-0.3, -0.25) is 14.2 Å². The van der Waals surface area contributed by atoms with Gasteiger partial charge in [0.2, 0.25) is 5.91 Å². The zero-order valence-electron chi connectivity index (χ0n) is 17.6. The summed E-state index contributed by atoms with van der Waals surface area (Å²) in [6.07, 6.45) is 2.93. The molecule has 0 fully saturated rings. The van der Waals surface area contributed by atoms with Crippen LogP contribution in [0.1, 0.15) is 11.6 Å². The largest absolute Gasteiger partial charge is 0.346 e. The highest BCUT2D eigenvalue weighted by molar-refractivity contribution is 5.80. The van der Waals surface area contributed by atoms with E-state index in [-0.39, 0.29) is 23.8 Å². The van der Waals surface area contributed by atoms with Crippen LogP contribution in [0.2, 0.25) is 0 Å². The van der Waals surface area contributed by atoms with Crippen LogP contribution in [0.3, 0.4) is 0 Å². The van der Waals surface area contributed by atoms with Crippen molar-refractivity contribution in [2.24, 2.45) is 0 Å². The van der Waals surface area contributed by atoms with E-state index in [1.54, 1.807) is 36.7 Å². The van der Waals surface area contributed by atoms with Crippen LogP contribution in [-0.4, -0.2) is 25.0 Å². The van der Waals surface area contributed by atoms with E-state index in [1.807, 2.05) is 34.9 Å². The first-order valence-electron chi connectivity index (χ1n) is 10.5. The van der Waals surface area contributed by atoms with Crippen molar-refractivity contribution in [2.75, 3.05) is 0 Å². The molecule has 7 nitrogen and oxygen atoms in total. The van der Waals surface area contributed by atoms with Gasteiger partial charge in [-0.25, -0.2) is 14.4 Å². The molecule has 1 atom stereocenters. The molecule has 33 heavy (non-hydrogen) atoms. The molecule has 0 bridgehead atoms. The number of amides is 1. The van der Waals surface area contributed by atoms with Crippen molar-refractivity contribution in [2.45, 2.75) is 19.1 Å². The number of halogens is 1. The molecule has 8 heteroatoms. The molecule has 0 aliphatic heterocycles. The van der Waals surface area contributed by atoms with E-state index >= 15 is 0 Å². The first-order chi connectivity index (χ1) is 16.1. The molecule has 1 amide bonds. The number of hydrogen-bond donors (Lipinski definition) is 1. The average Bonchev–Trinajstić information content (AvgIpc) is 3.24. The van der Waals surface area contributed by atoms with E-state index in [1.165, 1.54) is 22.9 Å². The Morgan fingerprint density at radius 2 is 1.58 bits per heavy atom. The van der Waals surface area contributed by atoms with E-state index in [9.17, 15) is 14.0 Å². The Morgan fingerprint density at radius 1 is 0.909 bits per heavy atom. The SMILES string of the molecule is O=C(Cn1c(=O)cnc2ccccc21)NC(Cn1cnc2ccccc21)c1ccc(F)cc1. The van der Waals surface area contributed by atoms with Crippen LogP contribution in [0.25, 0.3) is 22.1 Å². The second-order valence-electron chi connectivity index (χ2n) is 7.73. The van der Waals surface area contributed by atoms with Gasteiger partial charge in [-0.2, -0.15) is 0 Å². The Hall–Kier alpha value is -4.33. The molecule has 5 aromatic rings. The van der Waals surface area contributed by atoms with E-state index in [0.717, 1.165) is 16.6 Å². The van der Waals surface area contributed by atoms with Crippen LogP contribution in [0.4, 0.5) is 4.39 Å². The molecular weight excluding hydrogens is 421 g/mol. The Bertz CT molecular complexity index is 1510. The van der Waals surface area contributed by atoms with Crippen LogP contribution in [-0.2, 0) is 17.9 Å². The normalized spacial score (nSPS) is 12.2. The number of aromatic nitrogens is 4. The lowest BCUT2D eigenvalue weighted by molar-refractivity contribution is -0.122. The zero-order valence-corrected chi connectivity index (χ0v) is 17.6. The minimum absolute atomic E-state index is 0.162. The predicted molar refractivity (Wildman–Crippen MR) is 123 cm³/mol. The Kier molecular flexibility index (Phi) is 5.40. The van der Waals surface area contributed by atoms with Gasteiger partial charge in [0.05, 0.1) is 40.6 Å². The second kappa shape index (κ2) is 8.66. The number of nitrogens with zero attached hydrogens (tertiary/aromatic N) is 4. The summed E-state index contributed by atoms with van der Waals surface area (Å²) in [5.74, 6) is -0.695. The molecule has 1 N–H and O–H groups in total. The maximum Gasteiger partial charge on any atom is 0.269 e. The third-order valence-corrected chi connectivity index (χ3v) is 5.57. The molecule has 0 radical (unpaired) electrons. The number of benzene rings is 3. The number of hydrogen-bond acceptors (Lipinski definition) is 4. The van der Waals surface area contributed by atoms with E-state index in [2.05, 4.69) is 15.3 Å². The second-order valence-corrected chi connectivity index (χ2v) is 7.73. The zero-order chi connectivity index (χ0) is 22.8. The molecule has 2 heterocycles. The number of rotatable bonds is 6. The van der Waals surface area contributed by atoms with Crippen molar-refractivity contribution in [3.05, 3.63) is 107 Å². The average molecular weight is 441 g/mol. The van der Waals surface area contributed by atoms with Crippen molar-refractivity contribution in [3.8, 4) is 0 Å². The number of carbonyl (C=O) groups is 1. The number of nitrogens with one attached hydrogen (secondary N) is 1. The first kappa shape index (κ1) is 20.6. The Labute approximate surface area is 188 Å². The third-order valence-electron chi connectivity index (χ3n) is 5.57. The highest BCUT2D eigenvalue weighted by Crippen LogP contribution is 2.20. The maximum atomic E-state index is 13.5. The summed E-state index contributed by atoms with van der Waals surface area (Å²) in [6.45, 7) is 0.230. The third kappa shape index (κ3) is 4.23. The van der Waals surface area contributed by atoms with Crippen molar-refractivity contribution in [3.63, 3.8) is 0 Å². The summed E-state index contributed by atoms with van der Waals surface area (Å²) in [4.78, 5) is 34.0. The van der Waals surface area contributed by atoms with Crippen molar-refractivity contribution < 1.29 is 9.18 Å². The first-order valence-corrected chi connectivity index (χ1v) is 10.5. The molecule has 5 rings (SSSR count). The number of para-hydroxylation sites is 4. The molecule has 1 unspecified atom stereocenters. The van der Waals surface area contributed by atoms with Crippen LogP contribution in [0.15, 0.2) is 90.1 Å². The van der Waals surface area contributed by atoms with Gasteiger partial charge in [0, 0.05) is 6.54 Å². The van der Waals surface area contributed by atoms with Gasteiger partial charge in [0.1, 0.15) is 12.4 Å². The van der Waals surface area contributed by atoms with Gasteiger partial charge in [-0.05, 0) is 42.0 Å². The summed E-state index contributed by atoms with van der Waals surface area (Å²) in [5.41, 5.74) is 3.37. The lowest BCUT2D eigenvalue weighted by Gasteiger charge is -2.21. The molecule has 164 valence electrons. The van der Waals surface area contributed by atoms with Gasteiger partial charge in [-0.15, -0.1) is 0 Å². The van der Waals surface area contributed by atoms with E-state index in [4.69, 9.17) is 0 Å². The number of fused-ring (bicyclic) bond motifs is 2. The molecule has 0 saturated heterocycles. The fourth-order valence-electron chi connectivity index (χ4n) is 3.94. The minimum atomic E-state index is -0.459. The highest BCUT2D eigenvalue weighted by atomic mass is 19.1. The van der Waals surface area contributed by atoms with Crippen molar-refractivity contribution in [1.82, 2.24) is 24.4 Å². The van der Waals surface area contributed by atoms with Crippen LogP contribution >= 0.6 is 0 Å². The van der Waals surface area contributed by atoms with Gasteiger partial charge in [-0.1, -0.05) is 36.4 Å². The van der Waals surface area contributed by atoms with Crippen molar-refractivity contribution >= 4 is 28.0 Å². The Balaban J connectivity index is 1.45. The van der Waals surface area contributed by atoms with Gasteiger partial charge >= 0.3 is 0 Å². The van der Waals surface area contributed by atoms with Gasteiger partial charge < -0.3 is 9.88 Å². The molecule has 0 aliphatic carbocycles. The summed E-state index contributed by atoms with van der Waals surface area (Å²) >= 11 is 0. The fourth-order valence-corrected chi connectivity index (χ4v) is 3.94. The van der Waals surface area contributed by atoms with E-state index < -0.39 is 6.04 Å². The quantitative estimate of drug-likeness (QED) is 0.438. The maximum absolute atomic E-state index is 13.5. The van der Waals surface area contributed by atoms with Gasteiger partial charge in [0.25, 0.3) is 5.56 Å². The fraction of sp³-hybridized carbons (Fsp3) is 0.120. The molecular formula is C25H20FN5O2. The lowest BCUT2D eigenvalue weighted by atomic mass is 10.1. The summed E-state index contributed by atoms with van der Waals surface area (Å²) in [5, 5.41) is 3.01. The smallest absolute Gasteiger partial charge is 0.269 e.